The molecule has 1 aliphatic heterocycles. The fourth-order valence-corrected chi connectivity index (χ4v) is 3.04. The summed E-state index contributed by atoms with van der Waals surface area (Å²) in [6.07, 6.45) is 6.03. The maximum absolute atomic E-state index is 4.41. The van der Waals surface area contributed by atoms with E-state index in [1.807, 2.05) is 19.4 Å². The van der Waals surface area contributed by atoms with Crippen LogP contribution < -0.4 is 10.2 Å². The van der Waals surface area contributed by atoms with Crippen LogP contribution >= 0.6 is 0 Å². The van der Waals surface area contributed by atoms with Gasteiger partial charge in [-0.2, -0.15) is 0 Å². The number of imidazole rings is 1. The molecule has 1 unspecified atom stereocenters. The maximum Gasteiger partial charge on any atom is 0.110 e. The van der Waals surface area contributed by atoms with Crippen molar-refractivity contribution < 1.29 is 0 Å². The summed E-state index contributed by atoms with van der Waals surface area (Å²) >= 11 is 0. The zero-order valence-electron chi connectivity index (χ0n) is 12.2. The molecule has 1 atom stereocenters. The average molecular weight is 270 g/mol. The van der Waals surface area contributed by atoms with Gasteiger partial charge in [0.2, 0.25) is 0 Å². The number of hydrogen-bond acceptors (Lipinski definition) is 3. The van der Waals surface area contributed by atoms with Crippen LogP contribution in [0.2, 0.25) is 0 Å². The highest BCUT2D eigenvalue weighted by atomic mass is 15.2. The van der Waals surface area contributed by atoms with Gasteiger partial charge in [0.1, 0.15) is 5.82 Å². The van der Waals surface area contributed by atoms with E-state index in [4.69, 9.17) is 0 Å². The minimum Gasteiger partial charge on any atom is -0.371 e. The molecule has 1 aromatic carbocycles. The summed E-state index contributed by atoms with van der Waals surface area (Å²) in [7, 11) is 4.11. The number of para-hydroxylation sites is 1. The zero-order chi connectivity index (χ0) is 13.9. The smallest absolute Gasteiger partial charge is 0.110 e. The lowest BCUT2D eigenvalue weighted by Gasteiger charge is -2.35. The Balaban J connectivity index is 1.76. The van der Waals surface area contributed by atoms with Crippen molar-refractivity contribution in [1.29, 1.82) is 0 Å². The summed E-state index contributed by atoms with van der Waals surface area (Å²) in [6.45, 7) is 2.13. The van der Waals surface area contributed by atoms with Gasteiger partial charge < -0.3 is 14.8 Å². The highest BCUT2D eigenvalue weighted by molar-refractivity contribution is 5.57. The van der Waals surface area contributed by atoms with Crippen LogP contribution in [0, 0.1) is 0 Å². The quantitative estimate of drug-likeness (QED) is 0.924. The third-order valence-corrected chi connectivity index (χ3v) is 4.22. The summed E-state index contributed by atoms with van der Waals surface area (Å²) in [6, 6.07) is 9.21. The van der Waals surface area contributed by atoms with E-state index in [-0.39, 0.29) is 0 Å². The van der Waals surface area contributed by atoms with Crippen LogP contribution in [0.5, 0.6) is 0 Å². The monoisotopic (exact) mass is 270 g/mol. The van der Waals surface area contributed by atoms with Crippen LogP contribution in [0.25, 0.3) is 0 Å². The topological polar surface area (TPSA) is 33.1 Å². The van der Waals surface area contributed by atoms with Gasteiger partial charge in [0, 0.05) is 50.7 Å². The summed E-state index contributed by atoms with van der Waals surface area (Å²) in [5, 5.41) is 3.42. The van der Waals surface area contributed by atoms with Gasteiger partial charge in [-0.3, -0.25) is 0 Å². The summed E-state index contributed by atoms with van der Waals surface area (Å²) in [5.74, 6) is 1.15. The van der Waals surface area contributed by atoms with Gasteiger partial charge in [-0.1, -0.05) is 18.2 Å². The molecular weight excluding hydrogens is 248 g/mol. The molecule has 0 saturated carbocycles. The van der Waals surface area contributed by atoms with E-state index in [9.17, 15) is 0 Å². The number of hydrogen-bond donors (Lipinski definition) is 1. The second kappa shape index (κ2) is 5.67. The molecular formula is C16H22N4. The molecule has 0 saturated heterocycles. The Morgan fingerprint density at radius 3 is 2.95 bits per heavy atom. The first-order valence-corrected chi connectivity index (χ1v) is 7.27. The number of nitrogens with zero attached hydrogens (tertiary/aromatic N) is 3. The highest BCUT2D eigenvalue weighted by Gasteiger charge is 2.23. The zero-order valence-corrected chi connectivity index (χ0v) is 12.2. The molecule has 1 aromatic heterocycles. The lowest BCUT2D eigenvalue weighted by atomic mass is 9.96. The molecule has 0 radical (unpaired) electrons. The van der Waals surface area contributed by atoms with Gasteiger partial charge in [0.05, 0.1) is 0 Å². The molecule has 3 rings (SSSR count). The van der Waals surface area contributed by atoms with Gasteiger partial charge in [-0.15, -0.1) is 0 Å². The van der Waals surface area contributed by atoms with Crippen molar-refractivity contribution in [1.82, 2.24) is 14.9 Å². The number of nitrogens with one attached hydrogen (secondary N) is 1. The lowest BCUT2D eigenvalue weighted by Crippen LogP contribution is -2.36. The second-order valence-corrected chi connectivity index (χ2v) is 5.38. The van der Waals surface area contributed by atoms with Crippen LogP contribution in [-0.2, 0) is 13.5 Å². The van der Waals surface area contributed by atoms with Gasteiger partial charge >= 0.3 is 0 Å². The van der Waals surface area contributed by atoms with E-state index in [1.165, 1.54) is 11.3 Å². The van der Waals surface area contributed by atoms with Gasteiger partial charge in [-0.05, 0) is 25.1 Å². The lowest BCUT2D eigenvalue weighted by molar-refractivity contribution is 0.515. The van der Waals surface area contributed by atoms with E-state index in [1.54, 1.807) is 0 Å². The van der Waals surface area contributed by atoms with E-state index in [2.05, 4.69) is 51.1 Å². The van der Waals surface area contributed by atoms with Crippen molar-refractivity contribution in [3.8, 4) is 0 Å². The minimum absolute atomic E-state index is 0.482. The molecule has 2 heterocycles. The van der Waals surface area contributed by atoms with Gasteiger partial charge in [0.25, 0.3) is 0 Å². The molecule has 1 aliphatic rings. The fourth-order valence-electron chi connectivity index (χ4n) is 3.04. The molecule has 0 bridgehead atoms. The minimum atomic E-state index is 0.482. The first-order chi connectivity index (χ1) is 9.79. The Morgan fingerprint density at radius 2 is 2.20 bits per heavy atom. The first-order valence-electron chi connectivity index (χ1n) is 7.27. The molecule has 20 heavy (non-hydrogen) atoms. The van der Waals surface area contributed by atoms with Crippen LogP contribution in [0.1, 0.15) is 23.9 Å². The van der Waals surface area contributed by atoms with E-state index in [0.717, 1.165) is 31.8 Å². The number of aryl methyl sites for hydroxylation is 1. The molecule has 0 amide bonds. The average Bonchev–Trinajstić information content (AvgIpc) is 2.90. The molecule has 0 spiro atoms. The summed E-state index contributed by atoms with van der Waals surface area (Å²) < 4.78 is 2.10. The molecule has 0 aliphatic carbocycles. The predicted octanol–water partition coefficient (Wildman–Crippen LogP) is 2.13. The number of rotatable bonds is 4. The standard InChI is InChI=1S/C16H22N4/c1-17-14-7-10-20(15-6-4-3-5-13(14)15)11-8-16-18-9-12-19(16)2/h3-6,9,12,14,17H,7-8,10-11H2,1-2H3. The predicted molar refractivity (Wildman–Crippen MR) is 82.0 cm³/mol. The van der Waals surface area contributed by atoms with Crippen LogP contribution in [-0.4, -0.2) is 29.7 Å². The van der Waals surface area contributed by atoms with Crippen molar-refractivity contribution in [3.05, 3.63) is 48.0 Å². The van der Waals surface area contributed by atoms with Gasteiger partial charge in [-0.25, -0.2) is 4.98 Å². The van der Waals surface area contributed by atoms with Gasteiger partial charge in [0.15, 0.2) is 0 Å². The Hall–Kier alpha value is -1.81. The Labute approximate surface area is 120 Å². The summed E-state index contributed by atoms with van der Waals surface area (Å²) in [5.41, 5.74) is 2.79. The van der Waals surface area contributed by atoms with Crippen molar-refractivity contribution >= 4 is 5.69 Å². The van der Waals surface area contributed by atoms with Crippen LogP contribution in [0.4, 0.5) is 5.69 Å². The molecule has 0 fully saturated rings. The fraction of sp³-hybridized carbons (Fsp3) is 0.438. The van der Waals surface area contributed by atoms with E-state index < -0.39 is 0 Å². The molecule has 1 N–H and O–H groups in total. The van der Waals surface area contributed by atoms with Crippen LogP contribution in [0.3, 0.4) is 0 Å². The molecule has 4 nitrogen and oxygen atoms in total. The number of fused-ring (bicyclic) bond motifs is 1. The van der Waals surface area contributed by atoms with Crippen molar-refractivity contribution in [2.75, 3.05) is 25.0 Å². The van der Waals surface area contributed by atoms with Crippen molar-refractivity contribution in [2.24, 2.45) is 7.05 Å². The number of aromatic nitrogens is 2. The Morgan fingerprint density at radius 1 is 1.35 bits per heavy atom. The van der Waals surface area contributed by atoms with Crippen LogP contribution in [0.15, 0.2) is 36.7 Å². The maximum atomic E-state index is 4.41. The molecule has 106 valence electrons. The van der Waals surface area contributed by atoms with Crippen molar-refractivity contribution in [3.63, 3.8) is 0 Å². The number of anilines is 1. The largest absolute Gasteiger partial charge is 0.371 e. The van der Waals surface area contributed by atoms with E-state index in [0.29, 0.717) is 6.04 Å². The Kier molecular flexibility index (Phi) is 3.74. The van der Waals surface area contributed by atoms with Crippen molar-refractivity contribution in [2.45, 2.75) is 18.9 Å². The third-order valence-electron chi connectivity index (χ3n) is 4.22. The normalized spacial score (nSPS) is 18.1. The first kappa shape index (κ1) is 13.2. The second-order valence-electron chi connectivity index (χ2n) is 5.38. The SMILES string of the molecule is CNC1CCN(CCc2nccn2C)c2ccccc21. The summed E-state index contributed by atoms with van der Waals surface area (Å²) in [4.78, 5) is 6.90. The Bertz CT molecular complexity index is 575. The highest BCUT2D eigenvalue weighted by Crippen LogP contribution is 2.33. The number of benzene rings is 1. The van der Waals surface area contributed by atoms with E-state index >= 15 is 0 Å². The molecule has 4 heteroatoms. The third kappa shape index (κ3) is 2.43. The molecule has 2 aromatic rings.